The van der Waals surface area contributed by atoms with Crippen LogP contribution < -0.4 is 9.64 Å². The second kappa shape index (κ2) is 9.41. The molecule has 4 rings (SSSR count). The Morgan fingerprint density at radius 3 is 2.47 bits per heavy atom. The molecule has 0 atom stereocenters. The molecule has 1 amide bonds. The second-order valence-electron chi connectivity index (χ2n) is 7.56. The van der Waals surface area contributed by atoms with Crippen molar-refractivity contribution in [2.75, 3.05) is 4.90 Å². The number of aromatic nitrogens is 2. The molecule has 0 aliphatic heterocycles. The number of anilines is 1. The number of halogens is 4. The largest absolute Gasteiger partial charge is 0.478 e. The Labute approximate surface area is 200 Å². The highest BCUT2D eigenvalue weighted by molar-refractivity contribution is 9.10. The summed E-state index contributed by atoms with van der Waals surface area (Å²) in [5, 5.41) is 9.84. The highest BCUT2D eigenvalue weighted by Gasteiger charge is 2.36. The van der Waals surface area contributed by atoms with Crippen molar-refractivity contribution in [3.8, 4) is 11.6 Å². The number of aromatic carboxylic acids is 1. The van der Waals surface area contributed by atoms with E-state index in [2.05, 4.69) is 25.9 Å². The minimum absolute atomic E-state index is 0.108. The summed E-state index contributed by atoms with van der Waals surface area (Å²) in [6, 6.07) is 8.64. The topological polar surface area (TPSA) is 92.6 Å². The lowest BCUT2D eigenvalue weighted by atomic mass is 9.90. The van der Waals surface area contributed by atoms with Gasteiger partial charge in [0.1, 0.15) is 17.0 Å². The minimum atomic E-state index is -4.70. The molecular formula is C23H17BrF3N3O4. The van der Waals surface area contributed by atoms with Crippen LogP contribution in [0.4, 0.5) is 18.9 Å². The average Bonchev–Trinajstić information content (AvgIpc) is 2.76. The van der Waals surface area contributed by atoms with E-state index in [4.69, 9.17) is 4.74 Å². The molecule has 1 aromatic carbocycles. The maximum atomic E-state index is 13.3. The second-order valence-corrected chi connectivity index (χ2v) is 8.48. The molecule has 0 saturated heterocycles. The van der Waals surface area contributed by atoms with Crippen LogP contribution in [0.2, 0.25) is 0 Å². The summed E-state index contributed by atoms with van der Waals surface area (Å²) in [5.74, 6) is -2.70. The van der Waals surface area contributed by atoms with Gasteiger partial charge in [-0.1, -0.05) is 0 Å². The number of hydrogen-bond acceptors (Lipinski definition) is 5. The standard InChI is InChI=1S/C23H17BrF3N3O4/c24-13-6-8-18(29-12-13)21(31)30(14-3-1-4-14)19-9-7-15(11-16(19)22(32)33)34-20-17(23(25,26)27)5-2-10-28-20/h2,5-12,14H,1,3-4H2,(H,32,33). The molecule has 0 unspecified atom stereocenters. The van der Waals surface area contributed by atoms with Gasteiger partial charge in [-0.25, -0.2) is 14.8 Å². The molecule has 7 nitrogen and oxygen atoms in total. The Balaban J connectivity index is 1.73. The number of hydrogen-bond donors (Lipinski definition) is 1. The summed E-state index contributed by atoms with van der Waals surface area (Å²) in [6.45, 7) is 0. The van der Waals surface area contributed by atoms with Crippen molar-refractivity contribution in [3.63, 3.8) is 0 Å². The van der Waals surface area contributed by atoms with Crippen molar-refractivity contribution in [3.05, 3.63) is 76.2 Å². The van der Waals surface area contributed by atoms with Crippen LogP contribution in [0.15, 0.2) is 59.3 Å². The third kappa shape index (κ3) is 4.89. The molecule has 176 valence electrons. The minimum Gasteiger partial charge on any atom is -0.478 e. The van der Waals surface area contributed by atoms with E-state index in [1.165, 1.54) is 29.3 Å². The molecule has 1 saturated carbocycles. The quantitative estimate of drug-likeness (QED) is 0.419. The molecule has 2 heterocycles. The van der Waals surface area contributed by atoms with Crippen molar-refractivity contribution < 1.29 is 32.6 Å². The van der Waals surface area contributed by atoms with E-state index in [0.717, 1.165) is 30.8 Å². The van der Waals surface area contributed by atoms with E-state index >= 15 is 0 Å². The third-order valence-electron chi connectivity index (χ3n) is 5.35. The summed E-state index contributed by atoms with van der Waals surface area (Å²) >= 11 is 3.26. The van der Waals surface area contributed by atoms with Gasteiger partial charge in [-0.15, -0.1) is 0 Å². The maximum absolute atomic E-state index is 13.3. The lowest BCUT2D eigenvalue weighted by Crippen LogP contribution is -2.45. The molecule has 0 radical (unpaired) electrons. The number of carboxylic acids is 1. The fourth-order valence-electron chi connectivity index (χ4n) is 3.50. The maximum Gasteiger partial charge on any atom is 0.421 e. The van der Waals surface area contributed by atoms with E-state index in [1.54, 1.807) is 6.07 Å². The monoisotopic (exact) mass is 535 g/mol. The number of carbonyl (C=O) groups is 2. The Morgan fingerprint density at radius 1 is 1.12 bits per heavy atom. The van der Waals surface area contributed by atoms with Gasteiger partial charge in [0.2, 0.25) is 5.88 Å². The van der Waals surface area contributed by atoms with Gasteiger partial charge in [0.05, 0.1) is 11.3 Å². The van der Waals surface area contributed by atoms with Crippen LogP contribution in [0.3, 0.4) is 0 Å². The number of alkyl halides is 3. The van der Waals surface area contributed by atoms with E-state index in [-0.39, 0.29) is 28.7 Å². The molecule has 0 spiro atoms. The Morgan fingerprint density at radius 2 is 1.88 bits per heavy atom. The number of amides is 1. The Hall–Kier alpha value is -3.47. The summed E-state index contributed by atoms with van der Waals surface area (Å²) in [5.41, 5.74) is -1.14. The lowest BCUT2D eigenvalue weighted by molar-refractivity contribution is -0.138. The zero-order valence-electron chi connectivity index (χ0n) is 17.4. The van der Waals surface area contributed by atoms with Crippen molar-refractivity contribution in [2.24, 2.45) is 0 Å². The van der Waals surface area contributed by atoms with Crippen LogP contribution in [0.5, 0.6) is 11.6 Å². The molecule has 0 bridgehead atoms. The molecule has 2 aromatic heterocycles. The molecule has 3 aromatic rings. The average molecular weight is 536 g/mol. The molecule has 1 fully saturated rings. The van der Waals surface area contributed by atoms with Gasteiger partial charge in [0, 0.05) is 22.9 Å². The predicted molar refractivity (Wildman–Crippen MR) is 119 cm³/mol. The first-order chi connectivity index (χ1) is 16.1. The van der Waals surface area contributed by atoms with Crippen LogP contribution in [-0.4, -0.2) is 33.0 Å². The van der Waals surface area contributed by atoms with Gasteiger partial charge in [-0.3, -0.25) is 4.79 Å². The Bertz CT molecular complexity index is 1230. The number of rotatable bonds is 6. The van der Waals surface area contributed by atoms with Crippen molar-refractivity contribution in [1.82, 2.24) is 9.97 Å². The number of carbonyl (C=O) groups excluding carboxylic acids is 1. The van der Waals surface area contributed by atoms with E-state index in [0.29, 0.717) is 17.3 Å². The van der Waals surface area contributed by atoms with Gasteiger partial charge >= 0.3 is 12.1 Å². The first kappa shape index (κ1) is 23.7. The first-order valence-electron chi connectivity index (χ1n) is 10.2. The number of carboxylic acid groups (broad SMARTS) is 1. The molecule has 1 aliphatic rings. The van der Waals surface area contributed by atoms with Crippen LogP contribution in [0.25, 0.3) is 0 Å². The smallest absolute Gasteiger partial charge is 0.421 e. The first-order valence-corrected chi connectivity index (χ1v) is 11.0. The van der Waals surface area contributed by atoms with Gasteiger partial charge in [0.15, 0.2) is 0 Å². The zero-order chi connectivity index (χ0) is 24.5. The van der Waals surface area contributed by atoms with Crippen molar-refractivity contribution in [1.29, 1.82) is 0 Å². The fraction of sp³-hybridized carbons (Fsp3) is 0.217. The molecular weight excluding hydrogens is 519 g/mol. The van der Waals surface area contributed by atoms with Gasteiger partial charge in [-0.2, -0.15) is 13.2 Å². The van der Waals surface area contributed by atoms with Crippen molar-refractivity contribution >= 4 is 33.5 Å². The van der Waals surface area contributed by atoms with E-state index < -0.39 is 29.5 Å². The molecule has 1 aliphatic carbocycles. The van der Waals surface area contributed by atoms with Crippen molar-refractivity contribution in [2.45, 2.75) is 31.5 Å². The van der Waals surface area contributed by atoms with Gasteiger partial charge in [-0.05, 0) is 77.7 Å². The number of ether oxygens (including phenoxy) is 1. The number of benzene rings is 1. The van der Waals surface area contributed by atoms with E-state index in [1.807, 2.05) is 0 Å². The summed E-state index contributed by atoms with van der Waals surface area (Å²) in [6.07, 6.45) is 0.145. The van der Waals surface area contributed by atoms with Crippen LogP contribution in [0.1, 0.15) is 45.7 Å². The molecule has 1 N–H and O–H groups in total. The number of nitrogens with zero attached hydrogens (tertiary/aromatic N) is 3. The number of pyridine rings is 2. The summed E-state index contributed by atoms with van der Waals surface area (Å²) < 4.78 is 45.8. The Kier molecular flexibility index (Phi) is 6.56. The van der Waals surface area contributed by atoms with Crippen LogP contribution in [-0.2, 0) is 6.18 Å². The van der Waals surface area contributed by atoms with Crippen LogP contribution in [0, 0.1) is 0 Å². The highest BCUT2D eigenvalue weighted by atomic mass is 79.9. The van der Waals surface area contributed by atoms with Gasteiger partial charge < -0.3 is 14.7 Å². The normalized spacial score (nSPS) is 13.8. The SMILES string of the molecule is O=C(O)c1cc(Oc2ncccc2C(F)(F)F)ccc1N(C(=O)c1ccc(Br)cn1)C1CCC1. The van der Waals surface area contributed by atoms with Gasteiger partial charge in [0.25, 0.3) is 5.91 Å². The fourth-order valence-corrected chi connectivity index (χ4v) is 3.74. The molecule has 11 heteroatoms. The van der Waals surface area contributed by atoms with E-state index in [9.17, 15) is 27.9 Å². The molecule has 34 heavy (non-hydrogen) atoms. The zero-order valence-corrected chi connectivity index (χ0v) is 19.0. The predicted octanol–water partition coefficient (Wildman–Crippen LogP) is 5.95. The summed E-state index contributed by atoms with van der Waals surface area (Å²) in [4.78, 5) is 34.5. The third-order valence-corrected chi connectivity index (χ3v) is 5.82. The van der Waals surface area contributed by atoms with Crippen LogP contribution >= 0.6 is 15.9 Å². The highest BCUT2D eigenvalue weighted by Crippen LogP contribution is 2.39. The summed E-state index contributed by atoms with van der Waals surface area (Å²) in [7, 11) is 0. The lowest BCUT2D eigenvalue weighted by Gasteiger charge is -2.38.